The van der Waals surface area contributed by atoms with E-state index < -0.39 is 0 Å². The van der Waals surface area contributed by atoms with Gasteiger partial charge in [0.1, 0.15) is 5.76 Å². The predicted molar refractivity (Wildman–Crippen MR) is 71.6 cm³/mol. The maximum atomic E-state index is 5.92. The van der Waals surface area contributed by atoms with Crippen LogP contribution in [0.2, 0.25) is 0 Å². The van der Waals surface area contributed by atoms with Gasteiger partial charge in [-0.3, -0.25) is 0 Å². The second-order valence-electron chi connectivity index (χ2n) is 4.38. The van der Waals surface area contributed by atoms with Crippen molar-refractivity contribution in [3.05, 3.63) is 30.2 Å². The molecular formula is C14H18N2O2. The van der Waals surface area contributed by atoms with Gasteiger partial charge in [0.15, 0.2) is 5.75 Å². The summed E-state index contributed by atoms with van der Waals surface area (Å²) in [6.45, 7) is 6.60. The number of aromatic nitrogens is 1. The molecule has 0 unspecified atom stereocenters. The number of para-hydroxylation sites is 1. The van der Waals surface area contributed by atoms with Crippen LogP contribution < -0.4 is 10.5 Å². The molecule has 0 radical (unpaired) electrons. The molecule has 0 saturated carbocycles. The van der Waals surface area contributed by atoms with Crippen LogP contribution in [0.1, 0.15) is 32.4 Å². The number of ether oxygens (including phenoxy) is 1. The molecule has 1 aromatic heterocycles. The van der Waals surface area contributed by atoms with Gasteiger partial charge in [0.05, 0.1) is 24.1 Å². The maximum Gasteiger partial charge on any atom is 0.230 e. The van der Waals surface area contributed by atoms with Crippen LogP contribution in [-0.2, 0) is 0 Å². The molecule has 0 fully saturated rings. The van der Waals surface area contributed by atoms with Gasteiger partial charge in [-0.05, 0) is 19.1 Å². The number of anilines is 1. The fourth-order valence-corrected chi connectivity index (χ4v) is 1.71. The molecule has 0 aliphatic heterocycles. The summed E-state index contributed by atoms with van der Waals surface area (Å²) in [5, 5.41) is 0. The number of nitrogen functional groups attached to an aromatic ring is 1. The maximum absolute atomic E-state index is 5.92. The summed E-state index contributed by atoms with van der Waals surface area (Å²) in [6, 6.07) is 5.57. The Morgan fingerprint density at radius 1 is 1.39 bits per heavy atom. The second-order valence-corrected chi connectivity index (χ2v) is 4.38. The van der Waals surface area contributed by atoms with Crippen LogP contribution in [0.25, 0.3) is 11.5 Å². The Morgan fingerprint density at radius 2 is 2.17 bits per heavy atom. The van der Waals surface area contributed by atoms with Crippen molar-refractivity contribution in [1.29, 1.82) is 0 Å². The summed E-state index contributed by atoms with van der Waals surface area (Å²) in [7, 11) is 0. The number of nitrogens with zero attached hydrogens (tertiary/aromatic N) is 1. The van der Waals surface area contributed by atoms with Crippen molar-refractivity contribution >= 4 is 5.69 Å². The standard InChI is InChI=1S/C14H18N2O2/c1-4-17-13-10(6-5-7-11(13)15)14-16-8-12(18-14)9(2)3/h5-9H,4,15H2,1-3H3. The number of rotatable bonds is 4. The third-order valence-electron chi connectivity index (χ3n) is 2.66. The molecule has 96 valence electrons. The predicted octanol–water partition coefficient (Wildman–Crippen LogP) is 3.45. The van der Waals surface area contributed by atoms with Crippen LogP contribution in [0.4, 0.5) is 5.69 Å². The zero-order valence-corrected chi connectivity index (χ0v) is 10.9. The van der Waals surface area contributed by atoms with Gasteiger partial charge in [-0.25, -0.2) is 4.98 Å². The highest BCUT2D eigenvalue weighted by atomic mass is 16.5. The minimum Gasteiger partial charge on any atom is -0.491 e. The first-order chi connectivity index (χ1) is 8.63. The van der Waals surface area contributed by atoms with Crippen molar-refractivity contribution in [1.82, 2.24) is 4.98 Å². The van der Waals surface area contributed by atoms with Crippen LogP contribution in [-0.4, -0.2) is 11.6 Å². The van der Waals surface area contributed by atoms with Gasteiger partial charge in [-0.1, -0.05) is 19.9 Å². The smallest absolute Gasteiger partial charge is 0.230 e. The summed E-state index contributed by atoms with van der Waals surface area (Å²) in [6.07, 6.45) is 1.75. The Labute approximate surface area is 107 Å². The van der Waals surface area contributed by atoms with Crippen LogP contribution in [0, 0.1) is 0 Å². The Hall–Kier alpha value is -1.97. The molecule has 1 aromatic carbocycles. The van der Waals surface area contributed by atoms with Gasteiger partial charge in [-0.15, -0.1) is 0 Å². The molecule has 1 heterocycles. The zero-order chi connectivity index (χ0) is 13.1. The van der Waals surface area contributed by atoms with Gasteiger partial charge in [0.2, 0.25) is 5.89 Å². The minimum absolute atomic E-state index is 0.308. The second kappa shape index (κ2) is 5.12. The molecule has 2 N–H and O–H groups in total. The summed E-state index contributed by atoms with van der Waals surface area (Å²) in [4.78, 5) is 4.29. The van der Waals surface area contributed by atoms with E-state index in [1.54, 1.807) is 12.3 Å². The number of benzene rings is 1. The molecule has 0 bridgehead atoms. The number of nitrogens with two attached hydrogens (primary N) is 1. The summed E-state index contributed by atoms with van der Waals surface area (Å²) < 4.78 is 11.3. The largest absolute Gasteiger partial charge is 0.491 e. The lowest BCUT2D eigenvalue weighted by molar-refractivity contribution is 0.342. The highest BCUT2D eigenvalue weighted by molar-refractivity contribution is 5.72. The third-order valence-corrected chi connectivity index (χ3v) is 2.66. The topological polar surface area (TPSA) is 61.3 Å². The number of hydrogen-bond acceptors (Lipinski definition) is 4. The number of oxazole rings is 1. The average Bonchev–Trinajstić information content (AvgIpc) is 2.81. The molecule has 0 aliphatic carbocycles. The molecular weight excluding hydrogens is 228 g/mol. The Morgan fingerprint density at radius 3 is 2.78 bits per heavy atom. The first-order valence-electron chi connectivity index (χ1n) is 6.10. The molecule has 18 heavy (non-hydrogen) atoms. The SMILES string of the molecule is CCOc1c(N)cccc1-c1ncc(C(C)C)o1. The quantitative estimate of drug-likeness (QED) is 0.839. The van der Waals surface area contributed by atoms with Gasteiger partial charge < -0.3 is 14.9 Å². The monoisotopic (exact) mass is 246 g/mol. The van der Waals surface area contributed by atoms with Gasteiger partial charge in [0, 0.05) is 5.92 Å². The lowest BCUT2D eigenvalue weighted by atomic mass is 10.1. The Balaban J connectivity index is 2.45. The van der Waals surface area contributed by atoms with Crippen LogP contribution >= 0.6 is 0 Å². The van der Waals surface area contributed by atoms with E-state index in [0.717, 1.165) is 11.3 Å². The van der Waals surface area contributed by atoms with E-state index in [9.17, 15) is 0 Å². The van der Waals surface area contributed by atoms with E-state index in [1.807, 2.05) is 19.1 Å². The molecule has 0 spiro atoms. The minimum atomic E-state index is 0.308. The summed E-state index contributed by atoms with van der Waals surface area (Å²) in [5.74, 6) is 2.35. The highest BCUT2D eigenvalue weighted by Gasteiger charge is 2.15. The first kappa shape index (κ1) is 12.5. The van der Waals surface area contributed by atoms with E-state index in [0.29, 0.717) is 29.9 Å². The normalized spacial score (nSPS) is 10.9. The van der Waals surface area contributed by atoms with Crippen molar-refractivity contribution in [2.24, 2.45) is 0 Å². The van der Waals surface area contributed by atoms with Crippen molar-refractivity contribution in [2.75, 3.05) is 12.3 Å². The van der Waals surface area contributed by atoms with Crippen molar-refractivity contribution < 1.29 is 9.15 Å². The van der Waals surface area contributed by atoms with Crippen molar-refractivity contribution in [2.45, 2.75) is 26.7 Å². The van der Waals surface area contributed by atoms with E-state index >= 15 is 0 Å². The van der Waals surface area contributed by atoms with Crippen molar-refractivity contribution in [3.8, 4) is 17.2 Å². The van der Waals surface area contributed by atoms with E-state index in [2.05, 4.69) is 18.8 Å². The van der Waals surface area contributed by atoms with Gasteiger partial charge in [0.25, 0.3) is 0 Å². The average molecular weight is 246 g/mol. The molecule has 0 aliphatic rings. The van der Waals surface area contributed by atoms with Crippen LogP contribution in [0.3, 0.4) is 0 Å². The van der Waals surface area contributed by atoms with E-state index in [1.165, 1.54) is 0 Å². The molecule has 2 rings (SSSR count). The fraction of sp³-hybridized carbons (Fsp3) is 0.357. The summed E-state index contributed by atoms with van der Waals surface area (Å²) >= 11 is 0. The molecule has 4 nitrogen and oxygen atoms in total. The van der Waals surface area contributed by atoms with Crippen LogP contribution in [0.15, 0.2) is 28.8 Å². The molecule has 0 atom stereocenters. The van der Waals surface area contributed by atoms with E-state index in [-0.39, 0.29) is 0 Å². The third kappa shape index (κ3) is 2.32. The Bertz CT molecular complexity index is 532. The molecule has 0 saturated heterocycles. The van der Waals surface area contributed by atoms with Gasteiger partial charge in [-0.2, -0.15) is 0 Å². The highest BCUT2D eigenvalue weighted by Crippen LogP contribution is 2.35. The fourth-order valence-electron chi connectivity index (χ4n) is 1.71. The van der Waals surface area contributed by atoms with E-state index in [4.69, 9.17) is 14.9 Å². The number of hydrogen-bond donors (Lipinski definition) is 1. The summed E-state index contributed by atoms with van der Waals surface area (Å²) in [5.41, 5.74) is 7.31. The molecule has 2 aromatic rings. The van der Waals surface area contributed by atoms with Crippen molar-refractivity contribution in [3.63, 3.8) is 0 Å². The molecule has 0 amide bonds. The molecule has 4 heteroatoms. The Kier molecular flexibility index (Phi) is 3.55. The lowest BCUT2D eigenvalue weighted by Gasteiger charge is -2.10. The van der Waals surface area contributed by atoms with Crippen LogP contribution in [0.5, 0.6) is 5.75 Å². The zero-order valence-electron chi connectivity index (χ0n) is 10.9. The lowest BCUT2D eigenvalue weighted by Crippen LogP contribution is -1.98. The van der Waals surface area contributed by atoms with Gasteiger partial charge >= 0.3 is 0 Å². The first-order valence-corrected chi connectivity index (χ1v) is 6.10.